The van der Waals surface area contributed by atoms with Gasteiger partial charge in [0.2, 0.25) is 0 Å². The number of hydrogen-bond donors (Lipinski definition) is 1. The minimum absolute atomic E-state index is 0.0550. The normalized spacial score (nSPS) is 10.6. The van der Waals surface area contributed by atoms with Crippen molar-refractivity contribution in [3.63, 3.8) is 0 Å². The van der Waals surface area contributed by atoms with Crippen LogP contribution in [0.4, 0.5) is 0 Å². The van der Waals surface area contributed by atoms with Crippen LogP contribution in [0.3, 0.4) is 0 Å². The van der Waals surface area contributed by atoms with Crippen molar-refractivity contribution in [2.75, 3.05) is 19.8 Å². The van der Waals surface area contributed by atoms with Gasteiger partial charge in [-0.25, -0.2) is 4.68 Å². The lowest BCUT2D eigenvalue weighted by Gasteiger charge is -2.07. The van der Waals surface area contributed by atoms with E-state index in [1.807, 2.05) is 36.5 Å². The molecule has 1 aromatic heterocycles. The molecule has 22 heavy (non-hydrogen) atoms. The number of rotatable bonds is 9. The van der Waals surface area contributed by atoms with Crippen LogP contribution in [0.5, 0.6) is 0 Å². The maximum Gasteiger partial charge on any atom is 0.251 e. The van der Waals surface area contributed by atoms with Crippen LogP contribution in [0.25, 0.3) is 5.69 Å². The molecule has 1 amide bonds. The smallest absolute Gasteiger partial charge is 0.251 e. The van der Waals surface area contributed by atoms with E-state index in [-0.39, 0.29) is 5.91 Å². The molecule has 0 aliphatic carbocycles. The molecule has 0 unspecified atom stereocenters. The second-order valence-electron chi connectivity index (χ2n) is 5.07. The molecular weight excluding hydrogens is 278 g/mol. The fourth-order valence-corrected chi connectivity index (χ4v) is 2.01. The molecule has 0 aliphatic heterocycles. The Hall–Kier alpha value is -2.14. The third kappa shape index (κ3) is 5.00. The van der Waals surface area contributed by atoms with Crippen LogP contribution in [0.1, 0.15) is 36.5 Å². The summed E-state index contributed by atoms with van der Waals surface area (Å²) in [5, 5.41) is 7.06. The lowest BCUT2D eigenvalue weighted by molar-refractivity contribution is 0.0940. The molecule has 5 nitrogen and oxygen atoms in total. The topological polar surface area (TPSA) is 56.1 Å². The van der Waals surface area contributed by atoms with E-state index in [0.29, 0.717) is 18.7 Å². The van der Waals surface area contributed by atoms with Crippen molar-refractivity contribution in [2.24, 2.45) is 0 Å². The van der Waals surface area contributed by atoms with Crippen LogP contribution < -0.4 is 5.32 Å². The second-order valence-corrected chi connectivity index (χ2v) is 5.07. The zero-order chi connectivity index (χ0) is 15.6. The molecule has 0 bridgehead atoms. The highest BCUT2D eigenvalue weighted by Gasteiger charge is 2.05. The van der Waals surface area contributed by atoms with E-state index in [1.54, 1.807) is 10.9 Å². The number of nitrogens with one attached hydrogen (secondary N) is 1. The zero-order valence-electron chi connectivity index (χ0n) is 13.0. The van der Waals surface area contributed by atoms with Gasteiger partial charge >= 0.3 is 0 Å². The molecule has 0 radical (unpaired) electrons. The highest BCUT2D eigenvalue weighted by Crippen LogP contribution is 2.08. The SMILES string of the molecule is CCCCOCCCNC(=O)c1ccc(-n2cccn2)cc1. The van der Waals surface area contributed by atoms with Crippen molar-refractivity contribution in [2.45, 2.75) is 26.2 Å². The Morgan fingerprint density at radius 3 is 2.68 bits per heavy atom. The molecule has 118 valence electrons. The van der Waals surface area contributed by atoms with Crippen molar-refractivity contribution in [3.8, 4) is 5.69 Å². The molecule has 0 saturated heterocycles. The van der Waals surface area contributed by atoms with Crippen molar-refractivity contribution in [1.29, 1.82) is 0 Å². The van der Waals surface area contributed by atoms with E-state index in [1.165, 1.54) is 0 Å². The predicted octanol–water partition coefficient (Wildman–Crippen LogP) is 2.81. The van der Waals surface area contributed by atoms with Crippen LogP contribution >= 0.6 is 0 Å². The zero-order valence-corrected chi connectivity index (χ0v) is 13.0. The molecule has 2 rings (SSSR count). The maximum absolute atomic E-state index is 12.0. The lowest BCUT2D eigenvalue weighted by Crippen LogP contribution is -2.25. The summed E-state index contributed by atoms with van der Waals surface area (Å²) in [6.45, 7) is 4.27. The van der Waals surface area contributed by atoms with E-state index in [4.69, 9.17) is 4.74 Å². The number of hydrogen-bond acceptors (Lipinski definition) is 3. The van der Waals surface area contributed by atoms with Gasteiger partial charge in [0.1, 0.15) is 0 Å². The molecular formula is C17H23N3O2. The highest BCUT2D eigenvalue weighted by molar-refractivity contribution is 5.94. The molecule has 2 aromatic rings. The van der Waals surface area contributed by atoms with Gasteiger partial charge in [0.15, 0.2) is 0 Å². The van der Waals surface area contributed by atoms with E-state index in [9.17, 15) is 4.79 Å². The number of unbranched alkanes of at least 4 members (excludes halogenated alkanes) is 1. The van der Waals surface area contributed by atoms with Gasteiger partial charge in [-0.1, -0.05) is 13.3 Å². The van der Waals surface area contributed by atoms with Gasteiger partial charge in [0.25, 0.3) is 5.91 Å². The van der Waals surface area contributed by atoms with E-state index in [2.05, 4.69) is 17.3 Å². The number of benzene rings is 1. The maximum atomic E-state index is 12.0. The van der Waals surface area contributed by atoms with Gasteiger partial charge in [-0.05, 0) is 43.2 Å². The summed E-state index contributed by atoms with van der Waals surface area (Å²) in [6.07, 6.45) is 6.66. The Balaban J connectivity index is 1.71. The number of aromatic nitrogens is 2. The first-order chi connectivity index (χ1) is 10.8. The summed E-state index contributed by atoms with van der Waals surface area (Å²) in [5.74, 6) is -0.0550. The van der Waals surface area contributed by atoms with Crippen LogP contribution in [0.2, 0.25) is 0 Å². The first-order valence-corrected chi connectivity index (χ1v) is 7.77. The van der Waals surface area contributed by atoms with Crippen LogP contribution in [-0.4, -0.2) is 35.4 Å². The van der Waals surface area contributed by atoms with Gasteiger partial charge in [-0.2, -0.15) is 5.10 Å². The molecule has 0 saturated carbocycles. The summed E-state index contributed by atoms with van der Waals surface area (Å²) in [4.78, 5) is 12.0. The molecule has 1 aromatic carbocycles. The Labute approximate surface area is 131 Å². The second kappa shape index (κ2) is 9.00. The summed E-state index contributed by atoms with van der Waals surface area (Å²) in [7, 11) is 0. The van der Waals surface area contributed by atoms with Crippen molar-refractivity contribution in [1.82, 2.24) is 15.1 Å². The van der Waals surface area contributed by atoms with Crippen LogP contribution in [0.15, 0.2) is 42.7 Å². The number of nitrogens with zero attached hydrogens (tertiary/aromatic N) is 2. The van der Waals surface area contributed by atoms with Crippen LogP contribution in [-0.2, 0) is 4.74 Å². The standard InChI is InChI=1S/C17H23N3O2/c1-2-3-13-22-14-5-10-18-17(21)15-6-8-16(9-7-15)20-12-4-11-19-20/h4,6-9,11-12H,2-3,5,10,13-14H2,1H3,(H,18,21). The molecule has 0 fully saturated rings. The lowest BCUT2D eigenvalue weighted by atomic mass is 10.2. The van der Waals surface area contributed by atoms with Gasteiger partial charge < -0.3 is 10.1 Å². The number of amides is 1. The molecule has 1 heterocycles. The van der Waals surface area contributed by atoms with E-state index >= 15 is 0 Å². The Bertz CT molecular complexity index is 550. The molecule has 1 N–H and O–H groups in total. The van der Waals surface area contributed by atoms with Gasteiger partial charge in [0.05, 0.1) is 5.69 Å². The third-order valence-corrected chi connectivity index (χ3v) is 3.29. The van der Waals surface area contributed by atoms with E-state index in [0.717, 1.165) is 31.6 Å². The third-order valence-electron chi connectivity index (χ3n) is 3.29. The molecule has 0 aliphatic rings. The Morgan fingerprint density at radius 2 is 2.00 bits per heavy atom. The van der Waals surface area contributed by atoms with Crippen LogP contribution in [0, 0.1) is 0 Å². The Kier molecular flexibility index (Phi) is 6.64. The van der Waals surface area contributed by atoms with Crippen molar-refractivity contribution in [3.05, 3.63) is 48.3 Å². The summed E-state index contributed by atoms with van der Waals surface area (Å²) in [6, 6.07) is 9.25. The molecule has 5 heteroatoms. The fraction of sp³-hybridized carbons (Fsp3) is 0.412. The Morgan fingerprint density at radius 1 is 1.23 bits per heavy atom. The summed E-state index contributed by atoms with van der Waals surface area (Å²) >= 11 is 0. The average molecular weight is 301 g/mol. The van der Waals surface area contributed by atoms with Gasteiger partial charge in [0, 0.05) is 37.7 Å². The van der Waals surface area contributed by atoms with Gasteiger partial charge in [-0.3, -0.25) is 4.79 Å². The first kappa shape index (κ1) is 16.2. The number of carbonyl (C=O) groups excluding carboxylic acids is 1. The van der Waals surface area contributed by atoms with Crippen molar-refractivity contribution >= 4 is 5.91 Å². The van der Waals surface area contributed by atoms with Gasteiger partial charge in [-0.15, -0.1) is 0 Å². The number of carbonyl (C=O) groups is 1. The minimum atomic E-state index is -0.0550. The average Bonchev–Trinajstić information content (AvgIpc) is 3.08. The monoisotopic (exact) mass is 301 g/mol. The highest BCUT2D eigenvalue weighted by atomic mass is 16.5. The summed E-state index contributed by atoms with van der Waals surface area (Å²) < 4.78 is 7.22. The number of ether oxygens (including phenoxy) is 1. The van der Waals surface area contributed by atoms with Crippen molar-refractivity contribution < 1.29 is 9.53 Å². The quantitative estimate of drug-likeness (QED) is 0.725. The van der Waals surface area contributed by atoms with E-state index < -0.39 is 0 Å². The molecule has 0 spiro atoms. The first-order valence-electron chi connectivity index (χ1n) is 7.77. The predicted molar refractivity (Wildman–Crippen MR) is 86.2 cm³/mol. The largest absolute Gasteiger partial charge is 0.381 e. The fourth-order valence-electron chi connectivity index (χ4n) is 2.01. The minimum Gasteiger partial charge on any atom is -0.381 e. The summed E-state index contributed by atoms with van der Waals surface area (Å²) in [5.41, 5.74) is 1.59. The molecule has 0 atom stereocenters.